The molecular formula is C24H28N2O. The summed E-state index contributed by atoms with van der Waals surface area (Å²) in [6, 6.07) is 19.0. The van der Waals surface area contributed by atoms with Crippen molar-refractivity contribution in [2.75, 3.05) is 6.54 Å². The topological polar surface area (TPSA) is 25.2 Å². The van der Waals surface area contributed by atoms with E-state index < -0.39 is 0 Å². The maximum absolute atomic E-state index is 12.9. The second-order valence-corrected chi connectivity index (χ2v) is 7.58. The maximum Gasteiger partial charge on any atom is 0.222 e. The van der Waals surface area contributed by atoms with Crippen molar-refractivity contribution in [2.45, 2.75) is 51.6 Å². The van der Waals surface area contributed by atoms with Gasteiger partial charge >= 0.3 is 0 Å². The van der Waals surface area contributed by atoms with Crippen molar-refractivity contribution >= 4 is 16.8 Å². The lowest BCUT2D eigenvalue weighted by Gasteiger charge is -2.23. The number of hydrogen-bond donors (Lipinski definition) is 0. The molecule has 0 unspecified atom stereocenters. The van der Waals surface area contributed by atoms with Crippen LogP contribution < -0.4 is 0 Å². The lowest BCUT2D eigenvalue weighted by molar-refractivity contribution is -0.131. The molecule has 27 heavy (non-hydrogen) atoms. The summed E-state index contributed by atoms with van der Waals surface area (Å²) >= 11 is 0. The molecule has 1 aromatic heterocycles. The van der Waals surface area contributed by atoms with E-state index in [1.807, 2.05) is 18.2 Å². The van der Waals surface area contributed by atoms with Crippen LogP contribution in [-0.4, -0.2) is 21.9 Å². The van der Waals surface area contributed by atoms with Gasteiger partial charge in [-0.15, -0.1) is 0 Å². The Labute approximate surface area is 161 Å². The Morgan fingerprint density at radius 2 is 1.56 bits per heavy atom. The summed E-state index contributed by atoms with van der Waals surface area (Å²) in [5, 5.41) is 1.33. The number of carbonyl (C=O) groups excluding carboxylic acids is 1. The molecule has 0 saturated heterocycles. The Balaban J connectivity index is 1.60. The van der Waals surface area contributed by atoms with Crippen molar-refractivity contribution in [2.24, 2.45) is 0 Å². The Bertz CT molecular complexity index is 897. The first kappa shape index (κ1) is 17.8. The van der Waals surface area contributed by atoms with Crippen molar-refractivity contribution < 1.29 is 4.79 Å². The van der Waals surface area contributed by atoms with Crippen molar-refractivity contribution in [1.82, 2.24) is 9.47 Å². The minimum Gasteiger partial charge on any atom is -0.347 e. The van der Waals surface area contributed by atoms with E-state index in [0.717, 1.165) is 32.4 Å². The molecule has 2 aromatic carbocycles. The number of fused-ring (bicyclic) bond motifs is 5. The number of rotatable bonds is 2. The lowest BCUT2D eigenvalue weighted by Crippen LogP contribution is -2.32. The summed E-state index contributed by atoms with van der Waals surface area (Å²) in [4.78, 5) is 14.9. The molecule has 0 fully saturated rings. The van der Waals surface area contributed by atoms with Crippen molar-refractivity contribution in [3.05, 3.63) is 71.9 Å². The van der Waals surface area contributed by atoms with Crippen LogP contribution >= 0.6 is 0 Å². The third-order valence-corrected chi connectivity index (χ3v) is 5.63. The van der Waals surface area contributed by atoms with Gasteiger partial charge in [0.2, 0.25) is 5.91 Å². The molecule has 2 bridgehead atoms. The smallest absolute Gasteiger partial charge is 0.222 e. The number of hydrogen-bond acceptors (Lipinski definition) is 1. The van der Waals surface area contributed by atoms with Gasteiger partial charge in [-0.1, -0.05) is 61.4 Å². The van der Waals surface area contributed by atoms with Gasteiger partial charge in [0, 0.05) is 43.2 Å². The normalized spacial score (nSPS) is 16.6. The van der Waals surface area contributed by atoms with Crippen LogP contribution in [-0.2, 0) is 24.3 Å². The maximum atomic E-state index is 12.9. The summed E-state index contributed by atoms with van der Waals surface area (Å²) in [6.45, 7) is 2.56. The molecule has 0 spiro atoms. The molecule has 1 aliphatic heterocycles. The standard InChI is InChI=1S/C24H28N2O/c27-24-14-6-1-2-9-16-25-19-21(22-12-7-8-13-23(22)25)15-17-26(24)18-20-10-4-3-5-11-20/h3-5,7-8,10-13,19H,1-2,6,9,14-18H2. The van der Waals surface area contributed by atoms with Crippen LogP contribution in [0.4, 0.5) is 0 Å². The first-order valence-electron chi connectivity index (χ1n) is 10.2. The summed E-state index contributed by atoms with van der Waals surface area (Å²) in [6.07, 6.45) is 8.40. The Hall–Kier alpha value is -2.55. The number of carbonyl (C=O) groups is 1. The predicted octanol–water partition coefficient (Wildman–Crippen LogP) is 5.18. The van der Waals surface area contributed by atoms with Gasteiger partial charge in [0.05, 0.1) is 0 Å². The van der Waals surface area contributed by atoms with E-state index in [-0.39, 0.29) is 0 Å². The third kappa shape index (κ3) is 4.24. The first-order chi connectivity index (χ1) is 13.3. The van der Waals surface area contributed by atoms with Gasteiger partial charge in [0.1, 0.15) is 0 Å². The van der Waals surface area contributed by atoms with Crippen LogP contribution in [0.1, 0.15) is 43.2 Å². The van der Waals surface area contributed by atoms with Crippen LogP contribution in [0.2, 0.25) is 0 Å². The number of nitrogens with zero attached hydrogens (tertiary/aromatic N) is 2. The van der Waals surface area contributed by atoms with Crippen LogP contribution in [0.5, 0.6) is 0 Å². The second kappa shape index (κ2) is 8.43. The number of aryl methyl sites for hydroxylation is 1. The van der Waals surface area contributed by atoms with E-state index in [1.54, 1.807) is 0 Å². The number of para-hydroxylation sites is 1. The van der Waals surface area contributed by atoms with Gasteiger partial charge in [-0.05, 0) is 36.5 Å². The zero-order valence-electron chi connectivity index (χ0n) is 15.9. The molecular weight excluding hydrogens is 332 g/mol. The van der Waals surface area contributed by atoms with Gasteiger partial charge < -0.3 is 9.47 Å². The second-order valence-electron chi connectivity index (χ2n) is 7.58. The van der Waals surface area contributed by atoms with Crippen molar-refractivity contribution in [3.63, 3.8) is 0 Å². The highest BCUT2D eigenvalue weighted by molar-refractivity contribution is 5.84. The summed E-state index contributed by atoms with van der Waals surface area (Å²) in [7, 11) is 0. The van der Waals surface area contributed by atoms with Crippen LogP contribution in [0.3, 0.4) is 0 Å². The zero-order chi connectivity index (χ0) is 18.5. The molecule has 2 heterocycles. The van der Waals surface area contributed by atoms with E-state index >= 15 is 0 Å². The number of aromatic nitrogens is 1. The molecule has 1 amide bonds. The molecule has 3 nitrogen and oxygen atoms in total. The molecule has 0 radical (unpaired) electrons. The highest BCUT2D eigenvalue weighted by Crippen LogP contribution is 2.24. The number of amides is 1. The van der Waals surface area contributed by atoms with Crippen LogP contribution in [0.15, 0.2) is 60.8 Å². The van der Waals surface area contributed by atoms with Crippen LogP contribution in [0, 0.1) is 0 Å². The quantitative estimate of drug-likeness (QED) is 0.618. The highest BCUT2D eigenvalue weighted by Gasteiger charge is 2.16. The van der Waals surface area contributed by atoms with Gasteiger partial charge in [0.25, 0.3) is 0 Å². The van der Waals surface area contributed by atoms with E-state index in [1.165, 1.54) is 34.9 Å². The first-order valence-corrected chi connectivity index (χ1v) is 10.2. The third-order valence-electron chi connectivity index (χ3n) is 5.63. The molecule has 3 heteroatoms. The molecule has 3 aromatic rings. The minimum absolute atomic E-state index is 0.293. The van der Waals surface area contributed by atoms with Crippen molar-refractivity contribution in [1.29, 1.82) is 0 Å². The monoisotopic (exact) mass is 360 g/mol. The van der Waals surface area contributed by atoms with Gasteiger partial charge in [-0.25, -0.2) is 0 Å². The minimum atomic E-state index is 0.293. The fourth-order valence-corrected chi connectivity index (χ4v) is 4.13. The Kier molecular flexibility index (Phi) is 5.57. The molecule has 1 aliphatic rings. The van der Waals surface area contributed by atoms with E-state index in [4.69, 9.17) is 0 Å². The zero-order valence-corrected chi connectivity index (χ0v) is 15.9. The summed E-state index contributed by atoms with van der Waals surface area (Å²) in [5.41, 5.74) is 3.89. The molecule has 0 N–H and O–H groups in total. The van der Waals surface area contributed by atoms with Gasteiger partial charge in [-0.3, -0.25) is 4.79 Å². The predicted molar refractivity (Wildman–Crippen MR) is 111 cm³/mol. The Morgan fingerprint density at radius 3 is 2.44 bits per heavy atom. The van der Waals surface area contributed by atoms with Gasteiger partial charge in [-0.2, -0.15) is 0 Å². The van der Waals surface area contributed by atoms with E-state index in [9.17, 15) is 4.79 Å². The Morgan fingerprint density at radius 1 is 0.778 bits per heavy atom. The molecule has 140 valence electrons. The van der Waals surface area contributed by atoms with Gasteiger partial charge in [0.15, 0.2) is 0 Å². The fraction of sp³-hybridized carbons (Fsp3) is 0.375. The number of benzene rings is 2. The van der Waals surface area contributed by atoms with Crippen LogP contribution in [0.25, 0.3) is 10.9 Å². The molecule has 0 atom stereocenters. The summed E-state index contributed by atoms with van der Waals surface area (Å²) in [5.74, 6) is 0.293. The van der Waals surface area contributed by atoms with E-state index in [2.05, 4.69) is 52.1 Å². The molecule has 4 rings (SSSR count). The molecule has 0 saturated carbocycles. The average Bonchev–Trinajstić information content (AvgIpc) is 3.06. The SMILES string of the molecule is O=C1CCCCCCn2cc(c3ccccc32)CCN1Cc1ccccc1. The van der Waals surface area contributed by atoms with E-state index in [0.29, 0.717) is 18.9 Å². The highest BCUT2D eigenvalue weighted by atomic mass is 16.2. The largest absolute Gasteiger partial charge is 0.347 e. The molecule has 0 aliphatic carbocycles. The summed E-state index contributed by atoms with van der Waals surface area (Å²) < 4.78 is 2.41. The lowest BCUT2D eigenvalue weighted by atomic mass is 10.1. The van der Waals surface area contributed by atoms with Crippen molar-refractivity contribution in [3.8, 4) is 0 Å². The fourth-order valence-electron chi connectivity index (χ4n) is 4.13. The average molecular weight is 361 g/mol.